The van der Waals surface area contributed by atoms with E-state index in [4.69, 9.17) is 9.47 Å². The Hall–Kier alpha value is -3.02. The Bertz CT molecular complexity index is 861. The summed E-state index contributed by atoms with van der Waals surface area (Å²) in [7, 11) is 1.62. The van der Waals surface area contributed by atoms with E-state index in [2.05, 4.69) is 5.32 Å². The lowest BCUT2D eigenvalue weighted by Gasteiger charge is -2.32. The van der Waals surface area contributed by atoms with E-state index in [1.54, 1.807) is 7.11 Å². The minimum absolute atomic E-state index is 0.0421. The van der Waals surface area contributed by atoms with Gasteiger partial charge in [0.1, 0.15) is 0 Å². The average Bonchev–Trinajstić information content (AvgIpc) is 2.79. The van der Waals surface area contributed by atoms with Crippen LogP contribution in [0.4, 0.5) is 0 Å². The number of hydrogen-bond donors (Lipinski definition) is 1. The molecule has 0 spiro atoms. The summed E-state index contributed by atoms with van der Waals surface area (Å²) in [6.45, 7) is 3.88. The molecule has 1 fully saturated rings. The van der Waals surface area contributed by atoms with Crippen molar-refractivity contribution in [2.75, 3.05) is 26.8 Å². The highest BCUT2D eigenvalue weighted by molar-refractivity contribution is 5.79. The Balaban J connectivity index is 1.41. The van der Waals surface area contributed by atoms with E-state index < -0.39 is 0 Å². The van der Waals surface area contributed by atoms with Gasteiger partial charge in [-0.3, -0.25) is 9.59 Å². The normalized spacial score (nSPS) is 14.2. The number of aryl methyl sites for hydroxylation is 1. The Kier molecular flexibility index (Phi) is 8.33. The summed E-state index contributed by atoms with van der Waals surface area (Å²) in [4.78, 5) is 26.8. The lowest BCUT2D eigenvalue weighted by molar-refractivity contribution is -0.132. The molecule has 0 radical (unpaired) electrons. The van der Waals surface area contributed by atoms with Crippen molar-refractivity contribution in [3.8, 4) is 11.5 Å². The highest BCUT2D eigenvalue weighted by atomic mass is 16.5. The van der Waals surface area contributed by atoms with Gasteiger partial charge in [-0.2, -0.15) is 0 Å². The molecule has 2 aromatic rings. The molecule has 3 rings (SSSR count). The summed E-state index contributed by atoms with van der Waals surface area (Å²) in [6, 6.07) is 15.7. The molecule has 6 heteroatoms. The third-order valence-corrected chi connectivity index (χ3v) is 5.58. The third kappa shape index (κ3) is 6.74. The van der Waals surface area contributed by atoms with Crippen molar-refractivity contribution in [1.82, 2.24) is 10.2 Å². The van der Waals surface area contributed by atoms with Crippen LogP contribution in [-0.4, -0.2) is 49.6 Å². The monoisotopic (exact) mass is 424 g/mol. The van der Waals surface area contributed by atoms with E-state index >= 15 is 0 Å². The fraction of sp³-hybridized carbons (Fsp3) is 0.440. The summed E-state index contributed by atoms with van der Waals surface area (Å²) in [5, 5.41) is 3.11. The number of ether oxygens (including phenoxy) is 2. The SMILES string of the molecule is CCOc1ccc(CCC(=O)N2CCC(NC(=O)Cc3ccccc3)CC2)cc1OC. The molecule has 1 N–H and O–H groups in total. The van der Waals surface area contributed by atoms with Crippen LogP contribution >= 0.6 is 0 Å². The number of likely N-dealkylation sites (tertiary alicyclic amines) is 1. The van der Waals surface area contributed by atoms with E-state index in [9.17, 15) is 9.59 Å². The highest BCUT2D eigenvalue weighted by Gasteiger charge is 2.23. The summed E-state index contributed by atoms with van der Waals surface area (Å²) in [6.07, 6.45) is 3.11. The number of methoxy groups -OCH3 is 1. The van der Waals surface area contributed by atoms with Gasteiger partial charge in [0.25, 0.3) is 0 Å². The molecule has 1 aliphatic rings. The van der Waals surface area contributed by atoms with Crippen LogP contribution in [0.15, 0.2) is 48.5 Å². The van der Waals surface area contributed by atoms with Gasteiger partial charge in [0, 0.05) is 25.6 Å². The molecule has 1 heterocycles. The van der Waals surface area contributed by atoms with Gasteiger partial charge >= 0.3 is 0 Å². The van der Waals surface area contributed by atoms with Crippen molar-refractivity contribution < 1.29 is 19.1 Å². The summed E-state index contributed by atoms with van der Waals surface area (Å²) >= 11 is 0. The fourth-order valence-corrected chi connectivity index (χ4v) is 3.88. The first-order valence-corrected chi connectivity index (χ1v) is 11.0. The lowest BCUT2D eigenvalue weighted by atomic mass is 10.0. The van der Waals surface area contributed by atoms with Gasteiger partial charge in [0.2, 0.25) is 11.8 Å². The Morgan fingerprint density at radius 3 is 2.45 bits per heavy atom. The van der Waals surface area contributed by atoms with Crippen molar-refractivity contribution in [3.05, 3.63) is 59.7 Å². The standard InChI is InChI=1S/C25H32N2O4/c1-3-31-22-11-9-20(17-23(22)30-2)10-12-25(29)27-15-13-21(14-16-27)26-24(28)18-19-7-5-4-6-8-19/h4-9,11,17,21H,3,10,12-16,18H2,1-2H3,(H,26,28). The van der Waals surface area contributed by atoms with Gasteiger partial charge in [-0.15, -0.1) is 0 Å². The van der Waals surface area contributed by atoms with Gasteiger partial charge in [0.05, 0.1) is 20.1 Å². The molecule has 0 atom stereocenters. The number of nitrogens with zero attached hydrogens (tertiary/aromatic N) is 1. The smallest absolute Gasteiger partial charge is 0.224 e. The maximum Gasteiger partial charge on any atom is 0.224 e. The van der Waals surface area contributed by atoms with Crippen LogP contribution in [0.1, 0.15) is 37.3 Å². The van der Waals surface area contributed by atoms with Crippen LogP contribution in [0.25, 0.3) is 0 Å². The zero-order valence-electron chi connectivity index (χ0n) is 18.4. The molecular formula is C25H32N2O4. The van der Waals surface area contributed by atoms with E-state index in [1.165, 1.54) is 0 Å². The van der Waals surface area contributed by atoms with Crippen molar-refractivity contribution in [2.45, 2.75) is 45.1 Å². The topological polar surface area (TPSA) is 67.9 Å². The lowest BCUT2D eigenvalue weighted by Crippen LogP contribution is -2.46. The molecule has 31 heavy (non-hydrogen) atoms. The Labute approximate surface area is 184 Å². The largest absolute Gasteiger partial charge is 0.493 e. The molecule has 0 aromatic heterocycles. The maximum atomic E-state index is 12.6. The molecular weight excluding hydrogens is 392 g/mol. The van der Waals surface area contributed by atoms with Crippen LogP contribution in [0.5, 0.6) is 11.5 Å². The second kappa shape index (κ2) is 11.4. The number of amides is 2. The van der Waals surface area contributed by atoms with E-state index in [0.717, 1.165) is 29.7 Å². The molecule has 166 valence electrons. The van der Waals surface area contributed by atoms with Crippen molar-refractivity contribution >= 4 is 11.8 Å². The molecule has 2 aromatic carbocycles. The number of carbonyl (C=O) groups excluding carboxylic acids is 2. The van der Waals surface area contributed by atoms with E-state index in [1.807, 2.05) is 60.4 Å². The van der Waals surface area contributed by atoms with E-state index in [-0.39, 0.29) is 17.9 Å². The fourth-order valence-electron chi connectivity index (χ4n) is 3.88. The first-order chi connectivity index (χ1) is 15.1. The predicted octanol–water partition coefficient (Wildman–Crippen LogP) is 3.38. The van der Waals surface area contributed by atoms with Gasteiger partial charge in [-0.25, -0.2) is 0 Å². The predicted molar refractivity (Wildman–Crippen MR) is 120 cm³/mol. The van der Waals surface area contributed by atoms with Gasteiger partial charge < -0.3 is 19.7 Å². The molecule has 6 nitrogen and oxygen atoms in total. The van der Waals surface area contributed by atoms with E-state index in [0.29, 0.717) is 44.7 Å². The summed E-state index contributed by atoms with van der Waals surface area (Å²) in [5.41, 5.74) is 2.07. The van der Waals surface area contributed by atoms with Gasteiger partial charge in [0.15, 0.2) is 11.5 Å². The molecule has 1 saturated heterocycles. The van der Waals surface area contributed by atoms with Crippen LogP contribution in [0, 0.1) is 0 Å². The van der Waals surface area contributed by atoms with Crippen LogP contribution < -0.4 is 14.8 Å². The molecule has 0 saturated carbocycles. The minimum Gasteiger partial charge on any atom is -0.493 e. The quantitative estimate of drug-likeness (QED) is 0.670. The minimum atomic E-state index is 0.0421. The highest BCUT2D eigenvalue weighted by Crippen LogP contribution is 2.28. The Morgan fingerprint density at radius 2 is 1.77 bits per heavy atom. The van der Waals surface area contributed by atoms with Crippen LogP contribution in [0.2, 0.25) is 0 Å². The summed E-state index contributed by atoms with van der Waals surface area (Å²) in [5.74, 6) is 1.61. The molecule has 0 aliphatic carbocycles. The molecule has 1 aliphatic heterocycles. The first-order valence-electron chi connectivity index (χ1n) is 11.0. The molecule has 0 bridgehead atoms. The van der Waals surface area contributed by atoms with Gasteiger partial charge in [-0.05, 0) is 49.4 Å². The zero-order chi connectivity index (χ0) is 22.1. The number of benzene rings is 2. The average molecular weight is 425 g/mol. The van der Waals surface area contributed by atoms with Crippen LogP contribution in [-0.2, 0) is 22.4 Å². The first kappa shape index (κ1) is 22.7. The van der Waals surface area contributed by atoms with Crippen molar-refractivity contribution in [2.24, 2.45) is 0 Å². The maximum absolute atomic E-state index is 12.6. The van der Waals surface area contributed by atoms with Crippen LogP contribution in [0.3, 0.4) is 0 Å². The number of hydrogen-bond acceptors (Lipinski definition) is 4. The zero-order valence-corrected chi connectivity index (χ0v) is 18.4. The van der Waals surface area contributed by atoms with Crippen molar-refractivity contribution in [1.29, 1.82) is 0 Å². The number of nitrogens with one attached hydrogen (secondary N) is 1. The molecule has 0 unspecified atom stereocenters. The van der Waals surface area contributed by atoms with Crippen molar-refractivity contribution in [3.63, 3.8) is 0 Å². The Morgan fingerprint density at radius 1 is 1.03 bits per heavy atom. The molecule has 2 amide bonds. The number of rotatable bonds is 9. The third-order valence-electron chi connectivity index (χ3n) is 5.58. The number of piperidine rings is 1. The van der Waals surface area contributed by atoms with Gasteiger partial charge in [-0.1, -0.05) is 36.4 Å². The number of carbonyl (C=O) groups is 2. The second-order valence-corrected chi connectivity index (χ2v) is 7.80. The second-order valence-electron chi connectivity index (χ2n) is 7.80. The summed E-state index contributed by atoms with van der Waals surface area (Å²) < 4.78 is 10.9.